The Hall–Kier alpha value is -1.59. The molecule has 1 aliphatic heterocycles. The van der Waals surface area contributed by atoms with Crippen molar-refractivity contribution in [2.45, 2.75) is 80.1 Å². The lowest BCUT2D eigenvalue weighted by atomic mass is 9.84. The molecule has 0 saturated carbocycles. The number of carbonyl (C=O) groups excluding carboxylic acids is 3. The van der Waals surface area contributed by atoms with Gasteiger partial charge in [-0.1, -0.05) is 34.6 Å². The Balaban J connectivity index is 2.56. The number of likely N-dealkylation sites (tertiary alicyclic amines) is 1. The van der Waals surface area contributed by atoms with E-state index in [0.29, 0.717) is 51.5 Å². The van der Waals surface area contributed by atoms with Crippen LogP contribution in [-0.4, -0.2) is 60.4 Å². The maximum absolute atomic E-state index is 12.8. The predicted molar refractivity (Wildman–Crippen MR) is 115 cm³/mol. The number of nitrogens with zero attached hydrogens (tertiary/aromatic N) is 2. The van der Waals surface area contributed by atoms with Crippen LogP contribution in [0, 0.1) is 17.3 Å². The average molecular weight is 411 g/mol. The molecule has 0 N–H and O–H groups in total. The van der Waals surface area contributed by atoms with E-state index in [9.17, 15) is 14.4 Å². The Labute approximate surface area is 177 Å². The van der Waals surface area contributed by atoms with E-state index in [1.165, 1.54) is 0 Å². The quantitative estimate of drug-likeness (QED) is 0.513. The van der Waals surface area contributed by atoms with Crippen LogP contribution in [-0.2, 0) is 19.1 Å². The minimum absolute atomic E-state index is 0.0237. The molecule has 0 aromatic carbocycles. The Morgan fingerprint density at radius 2 is 1.86 bits per heavy atom. The van der Waals surface area contributed by atoms with Crippen molar-refractivity contribution in [3.63, 3.8) is 0 Å². The molecule has 2 unspecified atom stereocenters. The Kier molecular flexibility index (Phi) is 10.7. The number of rotatable bonds is 10. The van der Waals surface area contributed by atoms with Crippen molar-refractivity contribution < 1.29 is 19.1 Å². The summed E-state index contributed by atoms with van der Waals surface area (Å²) in [6.07, 6.45) is 4.31. The van der Waals surface area contributed by atoms with E-state index in [4.69, 9.17) is 4.74 Å². The Bertz CT molecular complexity index is 541. The normalized spacial score (nSPS) is 18.3. The smallest absolute Gasteiger partial charge is 0.310 e. The molecule has 1 aliphatic rings. The molecule has 0 radical (unpaired) electrons. The number of hydrogen-bond acceptors (Lipinski definition) is 4. The van der Waals surface area contributed by atoms with Gasteiger partial charge in [-0.05, 0) is 43.9 Å². The highest BCUT2D eigenvalue weighted by Crippen LogP contribution is 2.26. The van der Waals surface area contributed by atoms with Gasteiger partial charge < -0.3 is 14.5 Å². The number of esters is 1. The first kappa shape index (κ1) is 25.4. The van der Waals surface area contributed by atoms with Gasteiger partial charge in [-0.25, -0.2) is 0 Å². The first-order valence-electron chi connectivity index (χ1n) is 11.3. The third kappa shape index (κ3) is 9.64. The number of hydrogen-bond donors (Lipinski definition) is 0. The van der Waals surface area contributed by atoms with Crippen molar-refractivity contribution in [1.82, 2.24) is 9.80 Å². The van der Waals surface area contributed by atoms with Crippen LogP contribution in [0.4, 0.5) is 0 Å². The molecular weight excluding hydrogens is 368 g/mol. The third-order valence-corrected chi connectivity index (χ3v) is 5.32. The van der Waals surface area contributed by atoms with Crippen LogP contribution in [0.2, 0.25) is 0 Å². The van der Waals surface area contributed by atoms with E-state index in [2.05, 4.69) is 34.6 Å². The zero-order valence-electron chi connectivity index (χ0n) is 19.5. The lowest BCUT2D eigenvalue weighted by Crippen LogP contribution is -2.44. The minimum atomic E-state index is -0.223. The van der Waals surface area contributed by atoms with Crippen LogP contribution in [0.5, 0.6) is 0 Å². The van der Waals surface area contributed by atoms with Gasteiger partial charge in [-0.2, -0.15) is 0 Å². The standard InChI is InChI=1S/C23H42N2O4/c1-7-12-24(21(27)15-18(3)16-23(4,5)6)14-11-20(26)25-13-9-10-19(17-25)22(28)29-8-2/h18-19H,7-17H2,1-6H3. The molecule has 2 amide bonds. The first-order valence-corrected chi connectivity index (χ1v) is 11.3. The number of amides is 2. The van der Waals surface area contributed by atoms with E-state index in [0.717, 1.165) is 25.7 Å². The van der Waals surface area contributed by atoms with Crippen LogP contribution in [0.25, 0.3) is 0 Å². The summed E-state index contributed by atoms with van der Waals surface area (Å²) in [7, 11) is 0. The van der Waals surface area contributed by atoms with Gasteiger partial charge >= 0.3 is 5.97 Å². The van der Waals surface area contributed by atoms with Crippen LogP contribution in [0.1, 0.15) is 80.1 Å². The molecule has 0 aromatic heterocycles. The summed E-state index contributed by atoms with van der Waals surface area (Å²) in [5.41, 5.74) is 0.203. The highest BCUT2D eigenvalue weighted by Gasteiger charge is 2.29. The maximum atomic E-state index is 12.8. The summed E-state index contributed by atoms with van der Waals surface area (Å²) in [5, 5.41) is 0. The Morgan fingerprint density at radius 3 is 2.45 bits per heavy atom. The number of carbonyl (C=O) groups is 3. The minimum Gasteiger partial charge on any atom is -0.466 e. The molecule has 2 atom stereocenters. The molecular formula is C23H42N2O4. The molecule has 0 aromatic rings. The molecule has 6 heteroatoms. The topological polar surface area (TPSA) is 66.9 Å². The summed E-state index contributed by atoms with van der Waals surface area (Å²) in [6.45, 7) is 15.2. The highest BCUT2D eigenvalue weighted by molar-refractivity contribution is 5.80. The predicted octanol–water partition coefficient (Wildman–Crippen LogP) is 3.88. The van der Waals surface area contributed by atoms with Crippen molar-refractivity contribution in [3.05, 3.63) is 0 Å². The molecule has 0 spiro atoms. The molecule has 168 valence electrons. The van der Waals surface area contributed by atoms with E-state index < -0.39 is 0 Å². The third-order valence-electron chi connectivity index (χ3n) is 5.32. The Morgan fingerprint density at radius 1 is 1.17 bits per heavy atom. The van der Waals surface area contributed by atoms with Gasteiger partial charge in [-0.15, -0.1) is 0 Å². The van der Waals surface area contributed by atoms with Gasteiger partial charge in [0.2, 0.25) is 11.8 Å². The lowest BCUT2D eigenvalue weighted by molar-refractivity contribution is -0.151. The zero-order chi connectivity index (χ0) is 22.0. The zero-order valence-corrected chi connectivity index (χ0v) is 19.5. The fraction of sp³-hybridized carbons (Fsp3) is 0.870. The van der Waals surface area contributed by atoms with Crippen LogP contribution in [0.3, 0.4) is 0 Å². The molecule has 29 heavy (non-hydrogen) atoms. The molecule has 1 heterocycles. The second kappa shape index (κ2) is 12.2. The maximum Gasteiger partial charge on any atom is 0.310 e. The molecule has 0 aliphatic carbocycles. The van der Waals surface area contributed by atoms with Crippen LogP contribution >= 0.6 is 0 Å². The monoisotopic (exact) mass is 410 g/mol. The summed E-state index contributed by atoms with van der Waals surface area (Å²) in [5.74, 6) is 0.0555. The van der Waals surface area contributed by atoms with Crippen molar-refractivity contribution in [2.75, 3.05) is 32.8 Å². The van der Waals surface area contributed by atoms with Crippen molar-refractivity contribution in [2.24, 2.45) is 17.3 Å². The van der Waals surface area contributed by atoms with Crippen molar-refractivity contribution >= 4 is 17.8 Å². The van der Waals surface area contributed by atoms with Gasteiger partial charge in [0.05, 0.1) is 12.5 Å². The second-order valence-corrected chi connectivity index (χ2v) is 9.64. The molecule has 1 rings (SSSR count). The van der Waals surface area contributed by atoms with Gasteiger partial charge in [-0.3, -0.25) is 14.4 Å². The first-order chi connectivity index (χ1) is 13.6. The van der Waals surface area contributed by atoms with E-state index >= 15 is 0 Å². The summed E-state index contributed by atoms with van der Waals surface area (Å²) < 4.78 is 5.11. The molecule has 1 saturated heterocycles. The molecule has 0 bridgehead atoms. The number of ether oxygens (including phenoxy) is 1. The van der Waals surface area contributed by atoms with E-state index in [1.807, 2.05) is 4.90 Å². The second-order valence-electron chi connectivity index (χ2n) is 9.64. The summed E-state index contributed by atoms with van der Waals surface area (Å²) in [4.78, 5) is 41.1. The van der Waals surface area contributed by atoms with Crippen LogP contribution in [0.15, 0.2) is 0 Å². The highest BCUT2D eigenvalue weighted by atomic mass is 16.5. The summed E-state index contributed by atoms with van der Waals surface area (Å²) in [6, 6.07) is 0. The average Bonchev–Trinajstić information content (AvgIpc) is 2.63. The van der Waals surface area contributed by atoms with Crippen molar-refractivity contribution in [1.29, 1.82) is 0 Å². The van der Waals surface area contributed by atoms with Crippen molar-refractivity contribution in [3.8, 4) is 0 Å². The summed E-state index contributed by atoms with van der Waals surface area (Å²) >= 11 is 0. The molecule has 6 nitrogen and oxygen atoms in total. The molecule has 1 fully saturated rings. The fourth-order valence-electron chi connectivity index (χ4n) is 4.22. The van der Waals surface area contributed by atoms with Gasteiger partial charge in [0.15, 0.2) is 0 Å². The SMILES string of the molecule is CCCN(CCC(=O)N1CCCC(C(=O)OCC)C1)C(=O)CC(C)CC(C)(C)C. The van der Waals surface area contributed by atoms with E-state index in [-0.39, 0.29) is 29.1 Å². The van der Waals surface area contributed by atoms with Crippen LogP contribution < -0.4 is 0 Å². The van der Waals surface area contributed by atoms with E-state index in [1.54, 1.807) is 11.8 Å². The van der Waals surface area contributed by atoms with Gasteiger partial charge in [0.25, 0.3) is 0 Å². The fourth-order valence-corrected chi connectivity index (χ4v) is 4.22. The van der Waals surface area contributed by atoms with Gasteiger partial charge in [0, 0.05) is 39.0 Å². The number of piperidine rings is 1. The largest absolute Gasteiger partial charge is 0.466 e. The lowest BCUT2D eigenvalue weighted by Gasteiger charge is -2.32. The van der Waals surface area contributed by atoms with Gasteiger partial charge in [0.1, 0.15) is 0 Å².